The first-order chi connectivity index (χ1) is 12.2. The standard InChI is InChI=1S/C20H25NO3S/c1-23-17-7-5-15(6-8-17)12-16-14-21(10-9-19(16)24-2)20(22)13-18-4-3-11-25-18/h3-8,11,16,19H,9-10,12-14H2,1-2H3/t16-,19-/m0/s1. The number of hydrogen-bond donors (Lipinski definition) is 0. The quantitative estimate of drug-likeness (QED) is 0.793. The van der Waals surface area contributed by atoms with Crippen LogP contribution in [0.3, 0.4) is 0 Å². The molecular weight excluding hydrogens is 334 g/mol. The molecule has 1 aromatic carbocycles. The van der Waals surface area contributed by atoms with Crippen molar-refractivity contribution < 1.29 is 14.3 Å². The fraction of sp³-hybridized carbons (Fsp3) is 0.450. The van der Waals surface area contributed by atoms with Crippen molar-refractivity contribution in [1.29, 1.82) is 0 Å². The van der Waals surface area contributed by atoms with E-state index in [1.165, 1.54) is 5.56 Å². The van der Waals surface area contributed by atoms with E-state index < -0.39 is 0 Å². The fourth-order valence-corrected chi connectivity index (χ4v) is 4.18. The summed E-state index contributed by atoms with van der Waals surface area (Å²) in [7, 11) is 3.45. The molecule has 1 fully saturated rings. The molecule has 2 aromatic rings. The molecule has 0 bridgehead atoms. The van der Waals surface area contributed by atoms with E-state index in [-0.39, 0.29) is 12.0 Å². The largest absolute Gasteiger partial charge is 0.497 e. The summed E-state index contributed by atoms with van der Waals surface area (Å²) < 4.78 is 10.9. The Balaban J connectivity index is 1.64. The summed E-state index contributed by atoms with van der Waals surface area (Å²) >= 11 is 1.64. The molecule has 0 unspecified atom stereocenters. The third-order valence-electron chi connectivity index (χ3n) is 4.88. The molecule has 0 N–H and O–H groups in total. The zero-order chi connectivity index (χ0) is 17.6. The number of nitrogens with zero attached hydrogens (tertiary/aromatic N) is 1. The van der Waals surface area contributed by atoms with Crippen LogP contribution in [-0.2, 0) is 22.4 Å². The Morgan fingerprint density at radius 3 is 2.68 bits per heavy atom. The Bertz CT molecular complexity index is 669. The van der Waals surface area contributed by atoms with Crippen LogP contribution in [0.4, 0.5) is 0 Å². The molecule has 4 nitrogen and oxygen atoms in total. The van der Waals surface area contributed by atoms with Gasteiger partial charge in [0, 0.05) is 31.0 Å². The smallest absolute Gasteiger partial charge is 0.227 e. The number of carbonyl (C=O) groups excluding carboxylic acids is 1. The maximum absolute atomic E-state index is 12.6. The summed E-state index contributed by atoms with van der Waals surface area (Å²) in [6.45, 7) is 1.54. The molecule has 1 aliphatic heterocycles. The number of likely N-dealkylation sites (tertiary alicyclic amines) is 1. The van der Waals surface area contributed by atoms with Gasteiger partial charge in [0.1, 0.15) is 5.75 Å². The predicted molar refractivity (Wildman–Crippen MR) is 100 cm³/mol. The van der Waals surface area contributed by atoms with Crippen LogP contribution in [0.15, 0.2) is 41.8 Å². The first-order valence-corrected chi connectivity index (χ1v) is 9.53. The van der Waals surface area contributed by atoms with Gasteiger partial charge in [-0.15, -0.1) is 11.3 Å². The highest BCUT2D eigenvalue weighted by atomic mass is 32.1. The van der Waals surface area contributed by atoms with E-state index in [0.29, 0.717) is 12.3 Å². The van der Waals surface area contributed by atoms with E-state index in [1.54, 1.807) is 25.6 Å². The first-order valence-electron chi connectivity index (χ1n) is 8.65. The van der Waals surface area contributed by atoms with Crippen molar-refractivity contribution in [3.05, 3.63) is 52.2 Å². The van der Waals surface area contributed by atoms with Gasteiger partial charge in [-0.2, -0.15) is 0 Å². The second-order valence-corrected chi connectivity index (χ2v) is 7.50. The third kappa shape index (κ3) is 4.61. The van der Waals surface area contributed by atoms with Crippen molar-refractivity contribution in [2.75, 3.05) is 27.3 Å². The summed E-state index contributed by atoms with van der Waals surface area (Å²) in [5.41, 5.74) is 1.25. The first kappa shape index (κ1) is 18.0. The minimum absolute atomic E-state index is 0.202. The Kier molecular flexibility index (Phi) is 6.10. The van der Waals surface area contributed by atoms with Crippen molar-refractivity contribution in [3.8, 4) is 5.75 Å². The number of methoxy groups -OCH3 is 2. The monoisotopic (exact) mass is 359 g/mol. The molecule has 1 aliphatic rings. The van der Waals surface area contributed by atoms with Crippen molar-refractivity contribution in [3.63, 3.8) is 0 Å². The molecule has 134 valence electrons. The van der Waals surface area contributed by atoms with Gasteiger partial charge < -0.3 is 14.4 Å². The van der Waals surface area contributed by atoms with Crippen LogP contribution in [-0.4, -0.2) is 44.2 Å². The zero-order valence-electron chi connectivity index (χ0n) is 14.8. The number of hydrogen-bond acceptors (Lipinski definition) is 4. The number of amides is 1. The van der Waals surface area contributed by atoms with E-state index in [1.807, 2.05) is 34.5 Å². The second-order valence-electron chi connectivity index (χ2n) is 6.47. The van der Waals surface area contributed by atoms with Gasteiger partial charge >= 0.3 is 0 Å². The Morgan fingerprint density at radius 1 is 1.24 bits per heavy atom. The van der Waals surface area contributed by atoms with E-state index in [2.05, 4.69) is 12.1 Å². The van der Waals surface area contributed by atoms with Gasteiger partial charge in [0.2, 0.25) is 5.91 Å². The number of ether oxygens (including phenoxy) is 2. The van der Waals surface area contributed by atoms with Crippen molar-refractivity contribution in [1.82, 2.24) is 4.90 Å². The molecule has 1 amide bonds. The van der Waals surface area contributed by atoms with Crippen LogP contribution in [0, 0.1) is 5.92 Å². The minimum Gasteiger partial charge on any atom is -0.497 e. The molecule has 5 heteroatoms. The molecular formula is C20H25NO3S. The topological polar surface area (TPSA) is 38.8 Å². The number of benzene rings is 1. The Hall–Kier alpha value is -1.85. The maximum atomic E-state index is 12.6. The van der Waals surface area contributed by atoms with Crippen molar-refractivity contribution >= 4 is 17.2 Å². The highest BCUT2D eigenvalue weighted by Gasteiger charge is 2.31. The lowest BCUT2D eigenvalue weighted by Gasteiger charge is -2.38. The number of thiophene rings is 1. The van der Waals surface area contributed by atoms with Gasteiger partial charge in [0.05, 0.1) is 19.6 Å². The highest BCUT2D eigenvalue weighted by Crippen LogP contribution is 2.25. The minimum atomic E-state index is 0.202. The second kappa shape index (κ2) is 8.50. The van der Waals surface area contributed by atoms with Crippen LogP contribution < -0.4 is 4.74 Å². The van der Waals surface area contributed by atoms with Gasteiger partial charge in [0.25, 0.3) is 0 Å². The summed E-state index contributed by atoms with van der Waals surface area (Å²) in [6, 6.07) is 12.2. The van der Waals surface area contributed by atoms with Gasteiger partial charge in [-0.3, -0.25) is 4.79 Å². The molecule has 2 atom stereocenters. The third-order valence-corrected chi connectivity index (χ3v) is 5.76. The average Bonchev–Trinajstić information content (AvgIpc) is 3.15. The van der Waals surface area contributed by atoms with Crippen LogP contribution in [0.5, 0.6) is 5.75 Å². The molecule has 0 aliphatic carbocycles. The number of rotatable bonds is 6. The van der Waals surface area contributed by atoms with E-state index in [0.717, 1.165) is 36.6 Å². The highest BCUT2D eigenvalue weighted by molar-refractivity contribution is 7.10. The van der Waals surface area contributed by atoms with E-state index >= 15 is 0 Å². The lowest BCUT2D eigenvalue weighted by molar-refractivity contribution is -0.134. The van der Waals surface area contributed by atoms with Gasteiger partial charge in [-0.1, -0.05) is 18.2 Å². The Labute approximate surface area is 153 Å². The lowest BCUT2D eigenvalue weighted by atomic mass is 9.88. The molecule has 1 aromatic heterocycles. The fourth-order valence-electron chi connectivity index (χ4n) is 3.48. The molecule has 25 heavy (non-hydrogen) atoms. The zero-order valence-corrected chi connectivity index (χ0v) is 15.6. The predicted octanol–water partition coefficient (Wildman–Crippen LogP) is 3.41. The van der Waals surface area contributed by atoms with Crippen LogP contribution in [0.1, 0.15) is 16.9 Å². The Morgan fingerprint density at radius 2 is 2.04 bits per heavy atom. The molecule has 2 heterocycles. The maximum Gasteiger partial charge on any atom is 0.227 e. The lowest BCUT2D eigenvalue weighted by Crippen LogP contribution is -2.47. The summed E-state index contributed by atoms with van der Waals surface area (Å²) in [6.07, 6.45) is 2.51. The number of piperidine rings is 1. The molecule has 0 spiro atoms. The van der Waals surface area contributed by atoms with Gasteiger partial charge in [-0.25, -0.2) is 0 Å². The summed E-state index contributed by atoms with van der Waals surface area (Å²) in [5, 5.41) is 2.02. The van der Waals surface area contributed by atoms with E-state index in [4.69, 9.17) is 9.47 Å². The van der Waals surface area contributed by atoms with Crippen LogP contribution in [0.2, 0.25) is 0 Å². The molecule has 3 rings (SSSR count). The summed E-state index contributed by atoms with van der Waals surface area (Å²) in [5.74, 6) is 1.40. The SMILES string of the molecule is COc1ccc(C[C@H]2CN(C(=O)Cc3cccs3)CC[C@@H]2OC)cc1. The van der Waals surface area contributed by atoms with Crippen molar-refractivity contribution in [2.24, 2.45) is 5.92 Å². The molecule has 1 saturated heterocycles. The van der Waals surface area contributed by atoms with Crippen LogP contribution >= 0.6 is 11.3 Å². The molecule has 0 radical (unpaired) electrons. The van der Waals surface area contributed by atoms with Crippen LogP contribution in [0.25, 0.3) is 0 Å². The van der Waals surface area contributed by atoms with Gasteiger partial charge in [-0.05, 0) is 42.0 Å². The van der Waals surface area contributed by atoms with E-state index in [9.17, 15) is 4.79 Å². The normalized spacial score (nSPS) is 20.5. The number of carbonyl (C=O) groups is 1. The average molecular weight is 359 g/mol. The molecule has 0 saturated carbocycles. The van der Waals surface area contributed by atoms with Gasteiger partial charge in [0.15, 0.2) is 0 Å². The van der Waals surface area contributed by atoms with Crippen molar-refractivity contribution in [2.45, 2.75) is 25.4 Å². The summed E-state index contributed by atoms with van der Waals surface area (Å²) in [4.78, 5) is 15.8.